The summed E-state index contributed by atoms with van der Waals surface area (Å²) in [6, 6.07) is 12.1. The monoisotopic (exact) mass is 567 g/mol. The first-order valence-corrected chi connectivity index (χ1v) is 14.7. The number of ether oxygens (including phenoxy) is 1. The summed E-state index contributed by atoms with van der Waals surface area (Å²) < 4.78 is 64.6. The Hall–Kier alpha value is -2.96. The van der Waals surface area contributed by atoms with E-state index in [1.54, 1.807) is 24.3 Å². The molecule has 38 heavy (non-hydrogen) atoms. The van der Waals surface area contributed by atoms with Gasteiger partial charge in [0.15, 0.2) is 15.0 Å². The van der Waals surface area contributed by atoms with Crippen LogP contribution in [-0.4, -0.2) is 36.8 Å². The van der Waals surface area contributed by atoms with Crippen molar-refractivity contribution in [2.45, 2.75) is 57.1 Å². The zero-order valence-electron chi connectivity index (χ0n) is 21.1. The fraction of sp³-hybridized carbons (Fsp3) is 0.385. The molecule has 7 nitrogen and oxygen atoms in total. The molecule has 4 rings (SSSR count). The quantitative estimate of drug-likeness (QED) is 0.355. The highest BCUT2D eigenvalue weighted by Crippen LogP contribution is 2.44. The number of rotatable bonds is 9. The summed E-state index contributed by atoms with van der Waals surface area (Å²) in [7, 11) is -3.30. The van der Waals surface area contributed by atoms with Gasteiger partial charge < -0.3 is 10.1 Å². The van der Waals surface area contributed by atoms with Crippen LogP contribution in [0.15, 0.2) is 53.4 Å². The molecule has 1 aliphatic heterocycles. The molecule has 0 saturated carbocycles. The van der Waals surface area contributed by atoms with Crippen molar-refractivity contribution < 1.29 is 31.1 Å². The van der Waals surface area contributed by atoms with Crippen LogP contribution in [0.1, 0.15) is 48.0 Å². The standard InChI is InChI=1S/C26H28F3N3O4S2/c1-4-16(2)24-23-21(15-32(24)14-18-5-9-19(10-6-18)36-26(27,28)29)37-25(31-23)30-22(33)13-17-7-11-20(12-8-17)38(3,34)35/h5-12,16,24H,4,13-15H2,1-3H3,(H,30,31,33)/t16-,24?/m1/s1. The average molecular weight is 568 g/mol. The minimum absolute atomic E-state index is 0.00606. The van der Waals surface area contributed by atoms with Crippen LogP contribution < -0.4 is 10.1 Å². The van der Waals surface area contributed by atoms with Gasteiger partial charge in [-0.05, 0) is 41.3 Å². The number of benzene rings is 2. The Morgan fingerprint density at radius 2 is 1.79 bits per heavy atom. The molecule has 1 unspecified atom stereocenters. The summed E-state index contributed by atoms with van der Waals surface area (Å²) >= 11 is 1.41. The summed E-state index contributed by atoms with van der Waals surface area (Å²) in [5.41, 5.74) is 2.46. The molecule has 204 valence electrons. The van der Waals surface area contributed by atoms with E-state index in [1.165, 1.54) is 35.6 Å². The maximum atomic E-state index is 12.6. The number of amides is 1. The zero-order chi connectivity index (χ0) is 27.7. The van der Waals surface area contributed by atoms with Crippen molar-refractivity contribution >= 4 is 32.2 Å². The van der Waals surface area contributed by atoms with E-state index in [0.717, 1.165) is 28.8 Å². The van der Waals surface area contributed by atoms with Gasteiger partial charge in [0.25, 0.3) is 0 Å². The molecule has 12 heteroatoms. The van der Waals surface area contributed by atoms with Gasteiger partial charge in [0.1, 0.15) is 5.75 Å². The molecule has 3 aromatic rings. The maximum absolute atomic E-state index is 12.6. The van der Waals surface area contributed by atoms with E-state index >= 15 is 0 Å². The van der Waals surface area contributed by atoms with Crippen LogP contribution in [0.2, 0.25) is 0 Å². The number of alkyl halides is 3. The second-order valence-corrected chi connectivity index (χ2v) is 12.5. The summed E-state index contributed by atoms with van der Waals surface area (Å²) in [6.07, 6.45) is -2.60. The fourth-order valence-corrected chi connectivity index (χ4v) is 6.13. The van der Waals surface area contributed by atoms with Crippen molar-refractivity contribution in [3.8, 4) is 5.75 Å². The molecule has 1 aromatic heterocycles. The molecule has 1 amide bonds. The maximum Gasteiger partial charge on any atom is 0.573 e. The Morgan fingerprint density at radius 1 is 1.16 bits per heavy atom. The number of fused-ring (bicyclic) bond motifs is 1. The van der Waals surface area contributed by atoms with E-state index in [0.29, 0.717) is 23.8 Å². The van der Waals surface area contributed by atoms with Crippen molar-refractivity contribution in [1.82, 2.24) is 9.88 Å². The number of thiazole rings is 1. The van der Waals surface area contributed by atoms with Gasteiger partial charge in [0.2, 0.25) is 5.91 Å². The minimum atomic E-state index is -4.73. The molecular weight excluding hydrogens is 539 g/mol. The second kappa shape index (κ2) is 11.0. The Balaban J connectivity index is 1.42. The Labute approximate surface area is 223 Å². The number of hydrogen-bond acceptors (Lipinski definition) is 7. The first kappa shape index (κ1) is 28.1. The van der Waals surface area contributed by atoms with E-state index in [4.69, 9.17) is 4.98 Å². The van der Waals surface area contributed by atoms with Gasteiger partial charge in [-0.25, -0.2) is 13.4 Å². The second-order valence-electron chi connectivity index (χ2n) is 9.40. The van der Waals surface area contributed by atoms with Crippen molar-refractivity contribution in [2.75, 3.05) is 11.6 Å². The number of aromatic nitrogens is 1. The van der Waals surface area contributed by atoms with Crippen LogP contribution in [0.5, 0.6) is 5.75 Å². The molecule has 0 spiro atoms. The van der Waals surface area contributed by atoms with Gasteiger partial charge in [-0.15, -0.1) is 24.5 Å². The molecule has 0 fully saturated rings. The van der Waals surface area contributed by atoms with Gasteiger partial charge in [-0.1, -0.05) is 44.5 Å². The molecule has 1 aliphatic rings. The average Bonchev–Trinajstić information content (AvgIpc) is 3.35. The molecule has 2 aromatic carbocycles. The van der Waals surface area contributed by atoms with E-state index in [-0.39, 0.29) is 34.9 Å². The summed E-state index contributed by atoms with van der Waals surface area (Å²) in [5, 5.41) is 3.37. The zero-order valence-corrected chi connectivity index (χ0v) is 22.7. The van der Waals surface area contributed by atoms with E-state index < -0.39 is 16.2 Å². The first-order chi connectivity index (χ1) is 17.8. The van der Waals surface area contributed by atoms with Crippen LogP contribution in [0.4, 0.5) is 18.3 Å². The molecule has 0 aliphatic carbocycles. The SMILES string of the molecule is CC[C@@H](C)C1c2nc(NC(=O)Cc3ccc(S(C)(=O)=O)cc3)sc2CN1Cc1ccc(OC(F)(F)F)cc1. The smallest absolute Gasteiger partial charge is 0.406 e. The van der Waals surface area contributed by atoms with Crippen molar-refractivity contribution in [2.24, 2.45) is 5.92 Å². The topological polar surface area (TPSA) is 88.6 Å². The van der Waals surface area contributed by atoms with Gasteiger partial charge >= 0.3 is 6.36 Å². The highest BCUT2D eigenvalue weighted by molar-refractivity contribution is 7.90. The van der Waals surface area contributed by atoms with Crippen molar-refractivity contribution in [3.63, 3.8) is 0 Å². The molecule has 2 heterocycles. The number of nitrogens with zero attached hydrogens (tertiary/aromatic N) is 2. The number of anilines is 1. The van der Waals surface area contributed by atoms with Crippen LogP contribution >= 0.6 is 11.3 Å². The van der Waals surface area contributed by atoms with Crippen LogP contribution in [-0.2, 0) is 34.1 Å². The van der Waals surface area contributed by atoms with Crippen molar-refractivity contribution in [1.29, 1.82) is 0 Å². The largest absolute Gasteiger partial charge is 0.573 e. The number of nitrogens with one attached hydrogen (secondary N) is 1. The molecule has 0 saturated heterocycles. The highest BCUT2D eigenvalue weighted by Gasteiger charge is 2.37. The minimum Gasteiger partial charge on any atom is -0.406 e. The molecule has 0 bridgehead atoms. The van der Waals surface area contributed by atoms with E-state index in [1.807, 2.05) is 0 Å². The van der Waals surface area contributed by atoms with Crippen LogP contribution in [0, 0.1) is 5.92 Å². The molecule has 2 atom stereocenters. The lowest BCUT2D eigenvalue weighted by atomic mass is 9.96. The third kappa shape index (κ3) is 6.91. The van der Waals surface area contributed by atoms with Crippen molar-refractivity contribution in [3.05, 3.63) is 70.2 Å². The molecule has 0 radical (unpaired) electrons. The predicted octanol–water partition coefficient (Wildman–Crippen LogP) is 5.73. The lowest BCUT2D eigenvalue weighted by Crippen LogP contribution is -2.27. The fourth-order valence-electron chi connectivity index (χ4n) is 4.46. The summed E-state index contributed by atoms with van der Waals surface area (Å²) in [5.74, 6) is -0.237. The van der Waals surface area contributed by atoms with E-state index in [2.05, 4.69) is 28.8 Å². The van der Waals surface area contributed by atoms with Gasteiger partial charge in [-0.2, -0.15) is 0 Å². The Bertz CT molecular complexity index is 1390. The van der Waals surface area contributed by atoms with Gasteiger partial charge in [0, 0.05) is 24.2 Å². The molecular formula is C26H28F3N3O4S2. The number of hydrogen-bond donors (Lipinski definition) is 1. The third-order valence-electron chi connectivity index (χ3n) is 6.44. The summed E-state index contributed by atoms with van der Waals surface area (Å²) in [4.78, 5) is 20.9. The van der Waals surface area contributed by atoms with Gasteiger partial charge in [0.05, 0.1) is 23.1 Å². The lowest BCUT2D eigenvalue weighted by Gasteiger charge is -2.29. The first-order valence-electron chi connectivity index (χ1n) is 12.0. The third-order valence-corrected chi connectivity index (χ3v) is 8.54. The van der Waals surface area contributed by atoms with Crippen LogP contribution in [0.25, 0.3) is 0 Å². The number of sulfone groups is 1. The predicted molar refractivity (Wildman–Crippen MR) is 139 cm³/mol. The Kier molecular flexibility index (Phi) is 8.15. The number of carbonyl (C=O) groups excluding carboxylic acids is 1. The van der Waals surface area contributed by atoms with E-state index in [9.17, 15) is 26.4 Å². The lowest BCUT2D eigenvalue weighted by molar-refractivity contribution is -0.274. The number of halogens is 3. The Morgan fingerprint density at radius 3 is 2.37 bits per heavy atom. The molecule has 1 N–H and O–H groups in total. The van der Waals surface area contributed by atoms with Gasteiger partial charge in [-0.3, -0.25) is 9.69 Å². The summed E-state index contributed by atoms with van der Waals surface area (Å²) in [6.45, 7) is 5.38. The van der Waals surface area contributed by atoms with Crippen LogP contribution in [0.3, 0.4) is 0 Å². The highest BCUT2D eigenvalue weighted by atomic mass is 32.2. The number of carbonyl (C=O) groups is 1. The normalized spacial score (nSPS) is 16.7.